The number of carbonyl (C=O) groups excluding carboxylic acids is 1. The van der Waals surface area contributed by atoms with E-state index < -0.39 is 23.7 Å². The van der Waals surface area contributed by atoms with Crippen molar-refractivity contribution in [1.29, 1.82) is 0 Å². The first-order valence-electron chi connectivity index (χ1n) is 12.3. The summed E-state index contributed by atoms with van der Waals surface area (Å²) < 4.78 is 22.7. The number of Topliss-reactive ketones (excluding diaryl/α,β-unsaturated/α-hetero) is 1. The van der Waals surface area contributed by atoms with E-state index in [4.69, 9.17) is 30.5 Å². The molecule has 38 heavy (non-hydrogen) atoms. The summed E-state index contributed by atoms with van der Waals surface area (Å²) in [6.07, 6.45) is 1.75. The van der Waals surface area contributed by atoms with Gasteiger partial charge in [-0.3, -0.25) is 9.59 Å². The smallest absolute Gasteiger partial charge is 0.316 e. The summed E-state index contributed by atoms with van der Waals surface area (Å²) in [5.41, 5.74) is 2.31. The Morgan fingerprint density at radius 1 is 0.947 bits per heavy atom. The number of hydrogen-bond acceptors (Lipinski definition) is 7. The molecule has 1 aliphatic heterocycles. The predicted molar refractivity (Wildman–Crippen MR) is 142 cm³/mol. The number of ether oxygens (including phenoxy) is 4. The fourth-order valence-corrected chi connectivity index (χ4v) is 5.00. The first-order chi connectivity index (χ1) is 18.4. The average molecular weight is 538 g/mol. The molecule has 2 N–H and O–H groups in total. The summed E-state index contributed by atoms with van der Waals surface area (Å²) in [5.74, 6) is -0.803. The zero-order chi connectivity index (χ0) is 26.8. The first kappa shape index (κ1) is 25.7. The van der Waals surface area contributed by atoms with Crippen LogP contribution < -0.4 is 24.3 Å². The van der Waals surface area contributed by atoms with Crippen LogP contribution in [0.15, 0.2) is 54.6 Å². The van der Waals surface area contributed by atoms with E-state index in [1.807, 2.05) is 48.5 Å². The second kappa shape index (κ2) is 10.8. The van der Waals surface area contributed by atoms with Gasteiger partial charge in [0.1, 0.15) is 30.6 Å². The van der Waals surface area contributed by atoms with Gasteiger partial charge in [0.15, 0.2) is 17.3 Å². The van der Waals surface area contributed by atoms with E-state index in [0.717, 1.165) is 29.7 Å². The van der Waals surface area contributed by atoms with Gasteiger partial charge in [0.25, 0.3) is 0 Å². The zero-order valence-electron chi connectivity index (χ0n) is 21.0. The van der Waals surface area contributed by atoms with Crippen molar-refractivity contribution in [2.75, 3.05) is 19.5 Å². The second-order valence-electron chi connectivity index (χ2n) is 9.40. The third-order valence-corrected chi connectivity index (χ3v) is 7.25. The summed E-state index contributed by atoms with van der Waals surface area (Å²) in [6.45, 7) is 0.367. The Morgan fingerprint density at radius 3 is 2.00 bits per heavy atom. The van der Waals surface area contributed by atoms with E-state index in [1.54, 1.807) is 20.3 Å². The van der Waals surface area contributed by atoms with E-state index in [-0.39, 0.29) is 35.5 Å². The third kappa shape index (κ3) is 5.22. The SMILES string of the molecule is COc1ccc(COc2cc3c(c(Cl)c2OCc2ccc(OC)cc2)C(=O)C(C(=O)O)C(C2CC2)N3)cc1. The Kier molecular flexibility index (Phi) is 7.33. The van der Waals surface area contributed by atoms with Crippen molar-refractivity contribution in [2.45, 2.75) is 32.1 Å². The molecule has 3 aromatic rings. The van der Waals surface area contributed by atoms with Gasteiger partial charge in [0.05, 0.1) is 30.5 Å². The van der Waals surface area contributed by atoms with Gasteiger partial charge in [-0.25, -0.2) is 0 Å². The van der Waals surface area contributed by atoms with E-state index in [1.165, 1.54) is 0 Å². The summed E-state index contributed by atoms with van der Waals surface area (Å²) in [7, 11) is 3.19. The van der Waals surface area contributed by atoms with Gasteiger partial charge in [-0.05, 0) is 54.2 Å². The summed E-state index contributed by atoms with van der Waals surface area (Å²) >= 11 is 6.78. The molecule has 1 aliphatic carbocycles. The highest BCUT2D eigenvalue weighted by Gasteiger charge is 2.48. The standard InChI is InChI=1S/C29H28ClNO7/c1-35-19-9-3-16(4-10-19)14-37-22-13-21-23(27(32)24(29(33)34)26(31-21)18-7-8-18)25(30)28(22)38-15-17-5-11-20(36-2)12-6-17/h3-6,9-13,18,24,26,31H,7-8,14-15H2,1-2H3,(H,33,34). The highest BCUT2D eigenvalue weighted by Crippen LogP contribution is 2.49. The van der Waals surface area contributed by atoms with Crippen LogP contribution in [0.2, 0.25) is 5.02 Å². The quantitative estimate of drug-likeness (QED) is 0.322. The molecule has 5 rings (SSSR count). The Balaban J connectivity index is 1.49. The van der Waals surface area contributed by atoms with E-state index in [9.17, 15) is 14.7 Å². The molecule has 0 amide bonds. The maximum absolute atomic E-state index is 13.4. The van der Waals surface area contributed by atoms with Crippen LogP contribution in [0, 0.1) is 11.8 Å². The molecule has 9 heteroatoms. The molecule has 198 valence electrons. The van der Waals surface area contributed by atoms with Crippen molar-refractivity contribution in [3.8, 4) is 23.0 Å². The minimum Gasteiger partial charge on any atom is -0.497 e. The van der Waals surface area contributed by atoms with Crippen LogP contribution in [0.5, 0.6) is 23.0 Å². The molecule has 0 saturated heterocycles. The van der Waals surface area contributed by atoms with Crippen molar-refractivity contribution in [3.05, 3.63) is 76.3 Å². The topological polar surface area (TPSA) is 103 Å². The molecule has 0 bridgehead atoms. The molecule has 1 fully saturated rings. The van der Waals surface area contributed by atoms with Crippen LogP contribution in [0.25, 0.3) is 0 Å². The summed E-state index contributed by atoms with van der Waals surface area (Å²) in [4.78, 5) is 25.5. The fourth-order valence-electron chi connectivity index (χ4n) is 4.66. The number of ketones is 1. The average Bonchev–Trinajstić information content (AvgIpc) is 3.77. The maximum Gasteiger partial charge on any atom is 0.316 e. The van der Waals surface area contributed by atoms with E-state index in [0.29, 0.717) is 17.2 Å². The molecule has 2 atom stereocenters. The number of carboxylic acids is 1. The zero-order valence-corrected chi connectivity index (χ0v) is 21.8. The van der Waals surface area contributed by atoms with Gasteiger partial charge >= 0.3 is 5.97 Å². The lowest BCUT2D eigenvalue weighted by molar-refractivity contribution is -0.140. The van der Waals surface area contributed by atoms with Crippen LogP contribution in [0.3, 0.4) is 0 Å². The molecule has 0 radical (unpaired) electrons. The number of rotatable bonds is 10. The molecule has 3 aromatic carbocycles. The van der Waals surface area contributed by atoms with Gasteiger partial charge < -0.3 is 29.4 Å². The largest absolute Gasteiger partial charge is 0.497 e. The van der Waals surface area contributed by atoms with Crippen LogP contribution in [-0.4, -0.2) is 37.1 Å². The molecule has 2 aliphatic rings. The highest BCUT2D eigenvalue weighted by atomic mass is 35.5. The van der Waals surface area contributed by atoms with Crippen molar-refractivity contribution >= 4 is 29.0 Å². The Labute approximate surface area is 225 Å². The normalized spacial score (nSPS) is 18.2. The van der Waals surface area contributed by atoms with Crippen LogP contribution >= 0.6 is 11.6 Å². The molecular weight excluding hydrogens is 510 g/mol. The highest BCUT2D eigenvalue weighted by molar-refractivity contribution is 6.37. The predicted octanol–water partition coefficient (Wildman–Crippen LogP) is 5.60. The molecule has 2 unspecified atom stereocenters. The molecule has 8 nitrogen and oxygen atoms in total. The number of hydrogen-bond donors (Lipinski definition) is 2. The number of benzene rings is 3. The van der Waals surface area contributed by atoms with Crippen molar-refractivity contribution in [3.63, 3.8) is 0 Å². The number of anilines is 1. The lowest BCUT2D eigenvalue weighted by Gasteiger charge is -2.32. The van der Waals surface area contributed by atoms with Crippen molar-refractivity contribution in [2.24, 2.45) is 11.8 Å². The van der Waals surface area contributed by atoms with Crippen LogP contribution in [-0.2, 0) is 18.0 Å². The Morgan fingerprint density at radius 2 is 1.50 bits per heavy atom. The Hall–Kier alpha value is -3.91. The minimum atomic E-state index is -1.21. The van der Waals surface area contributed by atoms with E-state index >= 15 is 0 Å². The van der Waals surface area contributed by atoms with Gasteiger partial charge in [0, 0.05) is 12.1 Å². The van der Waals surface area contributed by atoms with Gasteiger partial charge in [-0.1, -0.05) is 35.9 Å². The number of methoxy groups -OCH3 is 2. The molecule has 1 saturated carbocycles. The van der Waals surface area contributed by atoms with Crippen molar-refractivity contribution < 1.29 is 33.6 Å². The number of fused-ring (bicyclic) bond motifs is 1. The lowest BCUT2D eigenvalue weighted by atomic mass is 9.83. The monoisotopic (exact) mass is 537 g/mol. The Bertz CT molecular complexity index is 1340. The van der Waals surface area contributed by atoms with Gasteiger partial charge in [-0.2, -0.15) is 0 Å². The number of carbonyl (C=O) groups is 2. The van der Waals surface area contributed by atoms with Crippen molar-refractivity contribution in [1.82, 2.24) is 0 Å². The fraction of sp³-hybridized carbons (Fsp3) is 0.310. The molecule has 0 aromatic heterocycles. The minimum absolute atomic E-state index is 0.0266. The van der Waals surface area contributed by atoms with Crippen LogP contribution in [0.4, 0.5) is 5.69 Å². The number of aliphatic carboxylic acids is 1. The summed E-state index contributed by atoms with van der Waals surface area (Å²) in [6, 6.07) is 16.0. The molecule has 1 heterocycles. The number of halogens is 1. The van der Waals surface area contributed by atoms with Crippen LogP contribution in [0.1, 0.15) is 34.3 Å². The molecular formula is C29H28ClNO7. The number of carboxylic acid groups (broad SMARTS) is 1. The summed E-state index contributed by atoms with van der Waals surface area (Å²) in [5, 5.41) is 13.2. The third-order valence-electron chi connectivity index (χ3n) is 6.89. The van der Waals surface area contributed by atoms with Gasteiger partial charge in [-0.15, -0.1) is 0 Å². The second-order valence-corrected chi connectivity index (χ2v) is 9.78. The first-order valence-corrected chi connectivity index (χ1v) is 12.7. The molecule has 0 spiro atoms. The van der Waals surface area contributed by atoms with E-state index in [2.05, 4.69) is 5.32 Å². The maximum atomic E-state index is 13.4. The number of nitrogens with one attached hydrogen (secondary N) is 1. The van der Waals surface area contributed by atoms with Gasteiger partial charge in [0.2, 0.25) is 0 Å². The lowest BCUT2D eigenvalue weighted by Crippen LogP contribution is -2.45.